The van der Waals surface area contributed by atoms with Gasteiger partial charge in [-0.25, -0.2) is 8.42 Å². The topological polar surface area (TPSA) is 75.3 Å². The number of benzene rings is 1. The maximum atomic E-state index is 12.3. The van der Waals surface area contributed by atoms with Crippen LogP contribution in [0.3, 0.4) is 0 Å². The highest BCUT2D eigenvalue weighted by molar-refractivity contribution is 9.11. The number of carbonyl (C=O) groups excluding carboxylic acids is 1. The molecule has 1 aromatic carbocycles. The number of nitrogens with one attached hydrogen (secondary N) is 2. The molecule has 0 aliphatic carbocycles. The summed E-state index contributed by atoms with van der Waals surface area (Å²) in [5.74, 6) is 0.411. The minimum atomic E-state index is -3.60. The van der Waals surface area contributed by atoms with E-state index < -0.39 is 10.0 Å². The molecule has 1 aromatic heterocycles. The van der Waals surface area contributed by atoms with Gasteiger partial charge in [0, 0.05) is 5.69 Å². The van der Waals surface area contributed by atoms with Gasteiger partial charge in [-0.3, -0.25) is 9.52 Å². The SMILES string of the molecule is O=C1CSC(c2cccc(NS(=O)(=O)c3ccc(Br)s3)c2)N1. The van der Waals surface area contributed by atoms with Crippen LogP contribution < -0.4 is 10.0 Å². The van der Waals surface area contributed by atoms with Gasteiger partial charge < -0.3 is 5.32 Å². The van der Waals surface area contributed by atoms with E-state index >= 15 is 0 Å². The summed E-state index contributed by atoms with van der Waals surface area (Å²) < 4.78 is 28.2. The number of rotatable bonds is 4. The lowest BCUT2D eigenvalue weighted by Crippen LogP contribution is -2.19. The largest absolute Gasteiger partial charge is 0.339 e. The summed E-state index contributed by atoms with van der Waals surface area (Å²) in [7, 11) is -3.60. The minimum Gasteiger partial charge on any atom is -0.339 e. The van der Waals surface area contributed by atoms with Gasteiger partial charge in [-0.2, -0.15) is 0 Å². The molecule has 1 amide bonds. The normalized spacial score (nSPS) is 18.2. The van der Waals surface area contributed by atoms with Crippen LogP contribution in [0.1, 0.15) is 10.9 Å². The first-order valence-electron chi connectivity index (χ1n) is 6.23. The molecule has 2 heterocycles. The molecule has 3 rings (SSSR count). The summed E-state index contributed by atoms with van der Waals surface area (Å²) in [5, 5.41) is 2.71. The molecule has 1 unspecified atom stereocenters. The number of anilines is 1. The Kier molecular flexibility index (Phi) is 4.49. The monoisotopic (exact) mass is 418 g/mol. The Hall–Kier alpha value is -1.03. The van der Waals surface area contributed by atoms with Crippen LogP contribution in [0.15, 0.2) is 44.4 Å². The summed E-state index contributed by atoms with van der Waals surface area (Å²) in [5.41, 5.74) is 1.34. The molecule has 1 aliphatic heterocycles. The van der Waals surface area contributed by atoms with Gasteiger partial charge >= 0.3 is 0 Å². The molecule has 2 aromatic rings. The predicted octanol–water partition coefficient (Wildman–Crippen LogP) is 3.17. The molecule has 0 saturated carbocycles. The molecule has 0 spiro atoms. The van der Waals surface area contributed by atoms with Crippen LogP contribution in [0.25, 0.3) is 0 Å². The minimum absolute atomic E-state index is 0.00980. The maximum Gasteiger partial charge on any atom is 0.271 e. The van der Waals surface area contributed by atoms with Gasteiger partial charge in [0.15, 0.2) is 0 Å². The Balaban J connectivity index is 1.82. The Morgan fingerprint density at radius 3 is 2.73 bits per heavy atom. The van der Waals surface area contributed by atoms with Gasteiger partial charge in [-0.15, -0.1) is 23.1 Å². The fourth-order valence-electron chi connectivity index (χ4n) is 1.98. The van der Waals surface area contributed by atoms with E-state index in [1.54, 1.807) is 30.3 Å². The Morgan fingerprint density at radius 1 is 1.27 bits per heavy atom. The van der Waals surface area contributed by atoms with Gasteiger partial charge in [-0.05, 0) is 45.8 Å². The Morgan fingerprint density at radius 2 is 2.09 bits per heavy atom. The molecule has 9 heteroatoms. The summed E-state index contributed by atoms with van der Waals surface area (Å²) >= 11 is 5.89. The fourth-order valence-corrected chi connectivity index (χ4v) is 6.00. The van der Waals surface area contributed by atoms with Crippen LogP contribution in [0.5, 0.6) is 0 Å². The van der Waals surface area contributed by atoms with E-state index in [1.807, 2.05) is 6.07 Å². The summed E-state index contributed by atoms with van der Waals surface area (Å²) in [6.07, 6.45) is 0. The molecular formula is C13H11BrN2O3S3. The highest BCUT2D eigenvalue weighted by Gasteiger charge is 2.23. The molecule has 1 fully saturated rings. The zero-order valence-corrected chi connectivity index (χ0v) is 15.1. The second kappa shape index (κ2) is 6.23. The molecule has 1 aliphatic rings. The van der Waals surface area contributed by atoms with Crippen LogP contribution in [0.2, 0.25) is 0 Å². The van der Waals surface area contributed by atoms with E-state index in [0.717, 1.165) is 20.7 Å². The average molecular weight is 419 g/mol. The van der Waals surface area contributed by atoms with E-state index in [0.29, 0.717) is 11.4 Å². The second-order valence-corrected chi connectivity index (χ2v) is 10.0. The third-order valence-electron chi connectivity index (χ3n) is 2.93. The molecule has 5 nitrogen and oxygen atoms in total. The van der Waals surface area contributed by atoms with Gasteiger partial charge in [0.2, 0.25) is 5.91 Å². The average Bonchev–Trinajstić information content (AvgIpc) is 3.08. The van der Waals surface area contributed by atoms with Crippen LogP contribution in [0, 0.1) is 0 Å². The Bertz CT molecular complexity index is 819. The number of thiophene rings is 1. The van der Waals surface area contributed by atoms with E-state index in [2.05, 4.69) is 26.0 Å². The Labute approximate surface area is 144 Å². The van der Waals surface area contributed by atoms with Gasteiger partial charge in [0.05, 0.1) is 9.54 Å². The van der Waals surface area contributed by atoms with Gasteiger partial charge in [0.25, 0.3) is 10.0 Å². The van der Waals surface area contributed by atoms with Crippen molar-refractivity contribution in [2.75, 3.05) is 10.5 Å². The number of hydrogen-bond donors (Lipinski definition) is 2. The van der Waals surface area contributed by atoms with Crippen molar-refractivity contribution in [1.82, 2.24) is 5.32 Å². The molecular weight excluding hydrogens is 408 g/mol. The summed E-state index contributed by atoms with van der Waals surface area (Å²) in [6.45, 7) is 0. The summed E-state index contributed by atoms with van der Waals surface area (Å²) in [4.78, 5) is 11.3. The number of amides is 1. The predicted molar refractivity (Wildman–Crippen MR) is 92.6 cm³/mol. The lowest BCUT2D eigenvalue weighted by Gasteiger charge is -2.12. The highest BCUT2D eigenvalue weighted by atomic mass is 79.9. The third kappa shape index (κ3) is 3.48. The van der Waals surface area contributed by atoms with Crippen molar-refractivity contribution in [3.05, 3.63) is 45.7 Å². The zero-order chi connectivity index (χ0) is 15.7. The van der Waals surface area contributed by atoms with Crippen LogP contribution in [0.4, 0.5) is 5.69 Å². The van der Waals surface area contributed by atoms with Crippen molar-refractivity contribution in [3.8, 4) is 0 Å². The molecule has 2 N–H and O–H groups in total. The maximum absolute atomic E-state index is 12.3. The highest BCUT2D eigenvalue weighted by Crippen LogP contribution is 2.32. The van der Waals surface area contributed by atoms with Crippen LogP contribution in [-0.2, 0) is 14.8 Å². The molecule has 116 valence electrons. The summed E-state index contributed by atoms with van der Waals surface area (Å²) in [6, 6.07) is 10.3. The molecule has 22 heavy (non-hydrogen) atoms. The first-order chi connectivity index (χ1) is 10.4. The van der Waals surface area contributed by atoms with Crippen molar-refractivity contribution in [3.63, 3.8) is 0 Å². The van der Waals surface area contributed by atoms with Crippen molar-refractivity contribution >= 4 is 60.6 Å². The van der Waals surface area contributed by atoms with Crippen molar-refractivity contribution in [2.24, 2.45) is 0 Å². The van der Waals surface area contributed by atoms with Crippen molar-refractivity contribution < 1.29 is 13.2 Å². The van der Waals surface area contributed by atoms with Crippen LogP contribution >= 0.6 is 39.0 Å². The number of halogens is 1. The first-order valence-corrected chi connectivity index (χ1v) is 10.4. The number of sulfonamides is 1. The van der Waals surface area contributed by atoms with Gasteiger partial charge in [0.1, 0.15) is 9.58 Å². The second-order valence-electron chi connectivity index (χ2n) is 4.55. The molecule has 1 atom stereocenters. The lowest BCUT2D eigenvalue weighted by molar-refractivity contribution is -0.118. The smallest absolute Gasteiger partial charge is 0.271 e. The standard InChI is InChI=1S/C13H11BrN2O3S3/c14-10-4-5-12(21-10)22(18,19)16-9-3-1-2-8(6-9)13-15-11(17)7-20-13/h1-6,13,16H,7H2,(H,15,17). The van der Waals surface area contributed by atoms with E-state index in [-0.39, 0.29) is 15.5 Å². The fraction of sp³-hybridized carbons (Fsp3) is 0.154. The third-order valence-corrected chi connectivity index (χ3v) is 7.58. The van der Waals surface area contributed by atoms with E-state index in [4.69, 9.17) is 0 Å². The zero-order valence-electron chi connectivity index (χ0n) is 11.1. The first kappa shape index (κ1) is 15.9. The number of thioether (sulfide) groups is 1. The van der Waals surface area contributed by atoms with Gasteiger partial charge in [-0.1, -0.05) is 12.1 Å². The van der Waals surface area contributed by atoms with Crippen LogP contribution in [-0.4, -0.2) is 20.1 Å². The number of hydrogen-bond acceptors (Lipinski definition) is 5. The number of carbonyl (C=O) groups is 1. The molecule has 0 bridgehead atoms. The van der Waals surface area contributed by atoms with E-state index in [9.17, 15) is 13.2 Å². The molecule has 1 saturated heterocycles. The lowest BCUT2D eigenvalue weighted by atomic mass is 10.2. The quantitative estimate of drug-likeness (QED) is 0.799. The molecule has 0 radical (unpaired) electrons. The van der Waals surface area contributed by atoms with E-state index in [1.165, 1.54) is 11.8 Å². The van der Waals surface area contributed by atoms with Crippen molar-refractivity contribution in [1.29, 1.82) is 0 Å². The van der Waals surface area contributed by atoms with Crippen molar-refractivity contribution in [2.45, 2.75) is 9.58 Å².